The van der Waals surface area contributed by atoms with Gasteiger partial charge in [-0.25, -0.2) is 8.42 Å². The summed E-state index contributed by atoms with van der Waals surface area (Å²) >= 11 is 5.82. The van der Waals surface area contributed by atoms with Crippen molar-refractivity contribution < 1.29 is 8.42 Å². The molecule has 0 aliphatic rings. The zero-order chi connectivity index (χ0) is 12.2. The van der Waals surface area contributed by atoms with Crippen molar-refractivity contribution in [3.63, 3.8) is 0 Å². The van der Waals surface area contributed by atoms with Gasteiger partial charge in [0.15, 0.2) is 0 Å². The molecule has 0 radical (unpaired) electrons. The molecule has 4 nitrogen and oxygen atoms in total. The van der Waals surface area contributed by atoms with Crippen LogP contribution in [0.4, 0.5) is 0 Å². The Kier molecular flexibility index (Phi) is 4.70. The van der Waals surface area contributed by atoms with E-state index in [9.17, 15) is 8.42 Å². The van der Waals surface area contributed by atoms with Crippen molar-refractivity contribution in [1.29, 1.82) is 0 Å². The van der Waals surface area contributed by atoms with E-state index in [2.05, 4.69) is 4.98 Å². The first kappa shape index (κ1) is 13.4. The first-order valence-corrected chi connectivity index (χ1v) is 7.27. The number of halogens is 1. The quantitative estimate of drug-likeness (QED) is 0.801. The first-order valence-electron chi connectivity index (χ1n) is 4.83. The van der Waals surface area contributed by atoms with Gasteiger partial charge in [0.25, 0.3) is 0 Å². The van der Waals surface area contributed by atoms with E-state index in [4.69, 9.17) is 11.6 Å². The van der Waals surface area contributed by atoms with E-state index < -0.39 is 9.84 Å². The molecule has 0 N–H and O–H groups in total. The molecule has 0 bridgehead atoms. The molecule has 0 aromatic carbocycles. The number of rotatable bonds is 5. The molecule has 0 unspecified atom stereocenters. The van der Waals surface area contributed by atoms with Gasteiger partial charge in [-0.15, -0.1) is 0 Å². The summed E-state index contributed by atoms with van der Waals surface area (Å²) in [4.78, 5) is 6.05. The summed E-state index contributed by atoms with van der Waals surface area (Å²) in [5.74, 6) is 0.157. The molecule has 0 aliphatic carbocycles. The molecule has 1 aromatic rings. The Balaban J connectivity index is 2.49. The number of aromatic nitrogens is 1. The molecule has 0 fully saturated rings. The molecule has 6 heteroatoms. The third-order valence-electron chi connectivity index (χ3n) is 2.05. The maximum Gasteiger partial charge on any atom is 0.148 e. The fraction of sp³-hybridized carbons (Fsp3) is 0.500. The van der Waals surface area contributed by atoms with Crippen LogP contribution in [-0.2, 0) is 16.4 Å². The fourth-order valence-corrected chi connectivity index (χ4v) is 2.04. The Morgan fingerprint density at radius 2 is 2.19 bits per heavy atom. The van der Waals surface area contributed by atoms with Gasteiger partial charge >= 0.3 is 0 Å². The van der Waals surface area contributed by atoms with Crippen molar-refractivity contribution in [1.82, 2.24) is 9.88 Å². The molecule has 16 heavy (non-hydrogen) atoms. The monoisotopic (exact) mass is 262 g/mol. The summed E-state index contributed by atoms with van der Waals surface area (Å²) in [6.45, 7) is 1.09. The van der Waals surface area contributed by atoms with E-state index in [1.807, 2.05) is 11.9 Å². The molecule has 1 aromatic heterocycles. The SMILES string of the molecule is CN(CCS(C)(=O)=O)Cc1cc(Cl)ccn1. The van der Waals surface area contributed by atoms with Crippen LogP contribution in [0.3, 0.4) is 0 Å². The molecular formula is C10H15ClN2O2S. The lowest BCUT2D eigenvalue weighted by Gasteiger charge is -2.15. The fourth-order valence-electron chi connectivity index (χ4n) is 1.21. The lowest BCUT2D eigenvalue weighted by atomic mass is 10.3. The topological polar surface area (TPSA) is 50.3 Å². The number of hydrogen-bond acceptors (Lipinski definition) is 4. The highest BCUT2D eigenvalue weighted by Gasteiger charge is 2.06. The second-order valence-corrected chi connectivity index (χ2v) is 6.53. The predicted octanol–water partition coefficient (Wildman–Crippen LogP) is 1.21. The van der Waals surface area contributed by atoms with Crippen LogP contribution < -0.4 is 0 Å². The average molecular weight is 263 g/mol. The Hall–Kier alpha value is -0.650. The minimum Gasteiger partial charge on any atom is -0.300 e. The van der Waals surface area contributed by atoms with E-state index in [0.29, 0.717) is 18.1 Å². The van der Waals surface area contributed by atoms with Crippen molar-refractivity contribution in [2.45, 2.75) is 6.54 Å². The molecule has 90 valence electrons. The highest BCUT2D eigenvalue weighted by atomic mass is 35.5. The van der Waals surface area contributed by atoms with Gasteiger partial charge in [-0.1, -0.05) is 11.6 Å². The Bertz CT molecular complexity index is 448. The molecule has 0 saturated carbocycles. The predicted molar refractivity (Wildman–Crippen MR) is 65.3 cm³/mol. The summed E-state index contributed by atoms with van der Waals surface area (Å²) in [6, 6.07) is 3.49. The van der Waals surface area contributed by atoms with Crippen molar-refractivity contribution in [2.24, 2.45) is 0 Å². The van der Waals surface area contributed by atoms with Gasteiger partial charge in [-0.2, -0.15) is 0 Å². The van der Waals surface area contributed by atoms with Crippen molar-refractivity contribution in [2.75, 3.05) is 25.6 Å². The third-order valence-corrected chi connectivity index (χ3v) is 3.21. The van der Waals surface area contributed by atoms with E-state index >= 15 is 0 Å². The van der Waals surface area contributed by atoms with Crippen LogP contribution in [-0.4, -0.2) is 43.9 Å². The van der Waals surface area contributed by atoms with Gasteiger partial charge in [-0.05, 0) is 19.2 Å². The van der Waals surface area contributed by atoms with Crippen LogP contribution in [0, 0.1) is 0 Å². The molecule has 0 spiro atoms. The van der Waals surface area contributed by atoms with E-state index in [-0.39, 0.29) is 5.75 Å². The van der Waals surface area contributed by atoms with Gasteiger partial charge < -0.3 is 0 Å². The Labute approximate surface area is 101 Å². The molecule has 0 atom stereocenters. The largest absolute Gasteiger partial charge is 0.300 e. The number of hydrogen-bond donors (Lipinski definition) is 0. The lowest BCUT2D eigenvalue weighted by molar-refractivity contribution is 0.342. The van der Waals surface area contributed by atoms with Gasteiger partial charge in [-0.3, -0.25) is 9.88 Å². The number of pyridine rings is 1. The number of sulfone groups is 1. The molecule has 1 heterocycles. The summed E-state index contributed by atoms with van der Waals surface area (Å²) in [6.07, 6.45) is 2.88. The Morgan fingerprint density at radius 3 is 2.75 bits per heavy atom. The minimum absolute atomic E-state index is 0.157. The lowest BCUT2D eigenvalue weighted by Crippen LogP contribution is -2.25. The molecule has 1 rings (SSSR count). The van der Waals surface area contributed by atoms with Crippen molar-refractivity contribution in [3.05, 3.63) is 29.0 Å². The third kappa shape index (κ3) is 5.44. The highest BCUT2D eigenvalue weighted by molar-refractivity contribution is 7.90. The maximum atomic E-state index is 11.0. The van der Waals surface area contributed by atoms with Crippen LogP contribution in [0.5, 0.6) is 0 Å². The van der Waals surface area contributed by atoms with Crippen LogP contribution in [0.1, 0.15) is 5.69 Å². The maximum absolute atomic E-state index is 11.0. The second kappa shape index (κ2) is 5.61. The summed E-state index contributed by atoms with van der Waals surface area (Å²) in [5, 5.41) is 0.640. The van der Waals surface area contributed by atoms with Crippen LogP contribution in [0.15, 0.2) is 18.3 Å². The zero-order valence-electron chi connectivity index (χ0n) is 9.35. The zero-order valence-corrected chi connectivity index (χ0v) is 10.9. The van der Waals surface area contributed by atoms with Gasteiger partial charge in [0.05, 0.1) is 11.4 Å². The van der Waals surface area contributed by atoms with E-state index in [0.717, 1.165) is 5.69 Å². The van der Waals surface area contributed by atoms with Gasteiger partial charge in [0, 0.05) is 30.6 Å². The number of nitrogens with zero attached hydrogens (tertiary/aromatic N) is 2. The standard InChI is InChI=1S/C10H15ClN2O2S/c1-13(5-6-16(2,14)15)8-10-7-9(11)3-4-12-10/h3-4,7H,5-6,8H2,1-2H3. The van der Waals surface area contributed by atoms with Gasteiger partial charge in [0.1, 0.15) is 9.84 Å². The van der Waals surface area contributed by atoms with Gasteiger partial charge in [0.2, 0.25) is 0 Å². The minimum atomic E-state index is -2.91. The molecule has 0 aliphatic heterocycles. The Morgan fingerprint density at radius 1 is 1.50 bits per heavy atom. The van der Waals surface area contributed by atoms with Crippen LogP contribution in [0.2, 0.25) is 5.02 Å². The van der Waals surface area contributed by atoms with Crippen LogP contribution >= 0.6 is 11.6 Å². The summed E-state index contributed by atoms with van der Waals surface area (Å²) in [5.41, 5.74) is 0.837. The van der Waals surface area contributed by atoms with E-state index in [1.165, 1.54) is 6.26 Å². The van der Waals surface area contributed by atoms with Crippen molar-refractivity contribution in [3.8, 4) is 0 Å². The molecular weight excluding hydrogens is 248 g/mol. The first-order chi connectivity index (χ1) is 7.37. The normalized spacial score (nSPS) is 12.0. The summed E-state index contributed by atoms with van der Waals surface area (Å²) in [7, 11) is -1.05. The smallest absolute Gasteiger partial charge is 0.148 e. The molecule has 0 amide bonds. The average Bonchev–Trinajstić information content (AvgIpc) is 2.14. The van der Waals surface area contributed by atoms with Crippen molar-refractivity contribution >= 4 is 21.4 Å². The molecule has 0 saturated heterocycles. The van der Waals surface area contributed by atoms with Crippen LogP contribution in [0.25, 0.3) is 0 Å². The van der Waals surface area contributed by atoms with E-state index in [1.54, 1.807) is 18.3 Å². The summed E-state index contributed by atoms with van der Waals surface area (Å²) < 4.78 is 22.0. The second-order valence-electron chi connectivity index (χ2n) is 3.83. The highest BCUT2D eigenvalue weighted by Crippen LogP contribution is 2.09.